The molecule has 5 rings (SSSR count). The van der Waals surface area contributed by atoms with Crippen LogP contribution in [0, 0.1) is 13.8 Å². The van der Waals surface area contributed by atoms with Gasteiger partial charge >= 0.3 is 0 Å². The van der Waals surface area contributed by atoms with Crippen molar-refractivity contribution in [2.45, 2.75) is 38.5 Å². The van der Waals surface area contributed by atoms with Crippen molar-refractivity contribution >= 4 is 22.5 Å². The average molecular weight is 405 g/mol. The molecule has 3 aromatic rings. The van der Waals surface area contributed by atoms with Crippen LogP contribution in [0.1, 0.15) is 24.1 Å². The number of pyridine rings is 2. The Morgan fingerprint density at radius 1 is 1.23 bits per heavy atom. The van der Waals surface area contributed by atoms with Crippen molar-refractivity contribution in [2.75, 3.05) is 5.32 Å². The van der Waals surface area contributed by atoms with E-state index in [2.05, 4.69) is 20.8 Å². The lowest BCUT2D eigenvalue weighted by molar-refractivity contribution is -0.0575. The van der Waals surface area contributed by atoms with Crippen LogP contribution in [0.15, 0.2) is 46.3 Å². The Balaban J connectivity index is 1.52. The minimum Gasteiger partial charge on any atom is -0.385 e. The molecule has 8 nitrogen and oxygen atoms in total. The number of hydrogen-bond donors (Lipinski definition) is 3. The van der Waals surface area contributed by atoms with E-state index in [0.29, 0.717) is 24.4 Å². The first-order chi connectivity index (χ1) is 14.3. The van der Waals surface area contributed by atoms with Crippen LogP contribution in [0.25, 0.3) is 22.0 Å². The molecule has 0 saturated heterocycles. The fourth-order valence-electron chi connectivity index (χ4n) is 3.73. The molecular formula is C22H23N5O3. The highest BCUT2D eigenvalue weighted by molar-refractivity contribution is 5.95. The summed E-state index contributed by atoms with van der Waals surface area (Å²) in [6.45, 7) is 3.89. The smallest absolute Gasteiger partial charge is 0.258 e. The highest BCUT2D eigenvalue weighted by atomic mass is 16.7. The van der Waals surface area contributed by atoms with Crippen molar-refractivity contribution in [3.8, 4) is 11.1 Å². The number of nitrogens with zero attached hydrogens (tertiary/aromatic N) is 3. The summed E-state index contributed by atoms with van der Waals surface area (Å²) in [5, 5.41) is 14.2. The topological polar surface area (TPSA) is 101 Å². The van der Waals surface area contributed by atoms with Crippen LogP contribution < -0.4 is 16.4 Å². The van der Waals surface area contributed by atoms with Gasteiger partial charge in [-0.2, -0.15) is 0 Å². The minimum absolute atomic E-state index is 0.0657. The van der Waals surface area contributed by atoms with E-state index in [-0.39, 0.29) is 5.56 Å². The highest BCUT2D eigenvalue weighted by Crippen LogP contribution is 2.41. The third-order valence-electron chi connectivity index (χ3n) is 5.77. The second-order valence-electron chi connectivity index (χ2n) is 8.11. The van der Waals surface area contributed by atoms with Crippen LogP contribution in [0.5, 0.6) is 0 Å². The molecule has 1 aromatic carbocycles. The van der Waals surface area contributed by atoms with E-state index in [1.54, 1.807) is 17.8 Å². The van der Waals surface area contributed by atoms with Gasteiger partial charge in [-0.15, -0.1) is 0 Å². The molecule has 0 bridgehead atoms. The van der Waals surface area contributed by atoms with Gasteiger partial charge in [0.15, 0.2) is 0 Å². The zero-order valence-corrected chi connectivity index (χ0v) is 17.1. The summed E-state index contributed by atoms with van der Waals surface area (Å²) < 4.78 is 1.66. The summed E-state index contributed by atoms with van der Waals surface area (Å²) >= 11 is 0. The van der Waals surface area contributed by atoms with Crippen LogP contribution >= 0.6 is 0 Å². The van der Waals surface area contributed by atoms with E-state index >= 15 is 0 Å². The number of hydrogen-bond acceptors (Lipinski definition) is 7. The molecule has 0 radical (unpaired) electrons. The van der Waals surface area contributed by atoms with Gasteiger partial charge in [0.25, 0.3) is 5.56 Å². The summed E-state index contributed by atoms with van der Waals surface area (Å²) in [5.41, 5.74) is 6.72. The number of hydroxylamine groups is 1. The molecule has 1 saturated carbocycles. The maximum Gasteiger partial charge on any atom is 0.258 e. The lowest BCUT2D eigenvalue weighted by Crippen LogP contribution is -2.29. The van der Waals surface area contributed by atoms with Crippen molar-refractivity contribution in [1.82, 2.24) is 15.0 Å². The quantitative estimate of drug-likeness (QED) is 0.619. The normalized spacial score (nSPS) is 19.5. The van der Waals surface area contributed by atoms with Gasteiger partial charge in [-0.05, 0) is 62.1 Å². The van der Waals surface area contributed by atoms with Crippen molar-refractivity contribution in [3.63, 3.8) is 0 Å². The molecule has 1 aliphatic heterocycles. The number of benzene rings is 1. The van der Waals surface area contributed by atoms with E-state index in [9.17, 15) is 9.90 Å². The van der Waals surface area contributed by atoms with E-state index < -0.39 is 11.8 Å². The average Bonchev–Trinajstić information content (AvgIpc) is 3.29. The number of aliphatic hydroxyl groups is 1. The van der Waals surface area contributed by atoms with Gasteiger partial charge in [0.05, 0.1) is 5.52 Å². The molecule has 2 aromatic heterocycles. The SMILES string of the molecule is Cc1cc2c(cn1)cc(-c1cc(NC3=NC(C4(O)CC4)ON3)ccc1C)c(=O)n2C. The highest BCUT2D eigenvalue weighted by Gasteiger charge is 2.51. The number of anilines is 1. The predicted molar refractivity (Wildman–Crippen MR) is 115 cm³/mol. The summed E-state index contributed by atoms with van der Waals surface area (Å²) in [7, 11) is 1.78. The molecule has 3 N–H and O–H groups in total. The Kier molecular flexibility index (Phi) is 4.16. The number of fused-ring (bicyclic) bond motifs is 1. The summed E-state index contributed by atoms with van der Waals surface area (Å²) in [6, 6.07) is 9.60. The molecule has 3 heterocycles. The van der Waals surface area contributed by atoms with Crippen LogP contribution in [0.2, 0.25) is 0 Å². The Bertz CT molecular complexity index is 1260. The third-order valence-corrected chi connectivity index (χ3v) is 5.77. The summed E-state index contributed by atoms with van der Waals surface area (Å²) in [6.07, 6.45) is 2.56. The van der Waals surface area contributed by atoms with Crippen LogP contribution in [-0.4, -0.2) is 32.4 Å². The van der Waals surface area contributed by atoms with Gasteiger partial charge in [0, 0.05) is 35.6 Å². The Hall–Kier alpha value is -3.23. The van der Waals surface area contributed by atoms with Crippen molar-refractivity contribution in [2.24, 2.45) is 12.0 Å². The van der Waals surface area contributed by atoms with Crippen molar-refractivity contribution < 1.29 is 9.94 Å². The number of aromatic nitrogens is 2. The largest absolute Gasteiger partial charge is 0.385 e. The zero-order chi connectivity index (χ0) is 21.0. The number of rotatable bonds is 3. The predicted octanol–water partition coefficient (Wildman–Crippen LogP) is 2.37. The fourth-order valence-corrected chi connectivity index (χ4v) is 3.73. The number of aliphatic imine (C=N–C) groups is 1. The number of guanidine groups is 1. The second-order valence-corrected chi connectivity index (χ2v) is 8.11. The van der Waals surface area contributed by atoms with E-state index in [4.69, 9.17) is 4.84 Å². The minimum atomic E-state index is -0.863. The van der Waals surface area contributed by atoms with Gasteiger partial charge in [-0.1, -0.05) is 6.07 Å². The summed E-state index contributed by atoms with van der Waals surface area (Å²) in [5.74, 6) is 0.432. The molecule has 2 aliphatic rings. The lowest BCUT2D eigenvalue weighted by Gasteiger charge is -2.13. The Labute approximate surface area is 173 Å². The van der Waals surface area contributed by atoms with Gasteiger partial charge in [-0.3, -0.25) is 9.78 Å². The van der Waals surface area contributed by atoms with Gasteiger partial charge in [0.2, 0.25) is 12.2 Å². The standard InChI is InChI=1S/C22H23N5O3/c1-12-4-5-15(24-21-25-20(30-26-21)22(29)6-7-22)10-16(12)17-9-14-11-23-13(2)8-18(14)27(3)19(17)28/h4-5,8-11,20,29H,6-7H2,1-3H3,(H2,24,25,26). The van der Waals surface area contributed by atoms with Crippen LogP contribution in [-0.2, 0) is 11.9 Å². The number of nitrogens with one attached hydrogen (secondary N) is 2. The summed E-state index contributed by atoms with van der Waals surface area (Å²) in [4.78, 5) is 27.2. The van der Waals surface area contributed by atoms with E-state index in [1.165, 1.54) is 0 Å². The first kappa shape index (κ1) is 18.8. The van der Waals surface area contributed by atoms with Gasteiger partial charge < -0.3 is 15.0 Å². The first-order valence-electron chi connectivity index (χ1n) is 9.90. The lowest BCUT2D eigenvalue weighted by atomic mass is 9.99. The molecule has 0 amide bonds. The monoisotopic (exact) mass is 405 g/mol. The van der Waals surface area contributed by atoms with Crippen molar-refractivity contribution in [3.05, 3.63) is 58.1 Å². The number of aryl methyl sites for hydroxylation is 3. The first-order valence-corrected chi connectivity index (χ1v) is 9.90. The maximum absolute atomic E-state index is 13.1. The molecule has 8 heteroatoms. The zero-order valence-electron chi connectivity index (χ0n) is 17.1. The molecule has 1 atom stereocenters. The van der Waals surface area contributed by atoms with E-state index in [0.717, 1.165) is 33.4 Å². The van der Waals surface area contributed by atoms with Gasteiger partial charge in [-0.25, -0.2) is 15.3 Å². The maximum atomic E-state index is 13.1. The van der Waals surface area contributed by atoms with Crippen molar-refractivity contribution in [1.29, 1.82) is 0 Å². The molecule has 0 spiro atoms. The van der Waals surface area contributed by atoms with Crippen LogP contribution in [0.4, 0.5) is 5.69 Å². The fraction of sp³-hybridized carbons (Fsp3) is 0.318. The van der Waals surface area contributed by atoms with Gasteiger partial charge in [0.1, 0.15) is 5.60 Å². The molecular weight excluding hydrogens is 382 g/mol. The van der Waals surface area contributed by atoms with Crippen LogP contribution in [0.3, 0.4) is 0 Å². The Morgan fingerprint density at radius 3 is 2.80 bits per heavy atom. The molecule has 1 aliphatic carbocycles. The molecule has 1 unspecified atom stereocenters. The molecule has 1 fully saturated rings. The second kappa shape index (κ2) is 6.65. The third kappa shape index (κ3) is 3.14. The molecule has 154 valence electrons. The molecule has 30 heavy (non-hydrogen) atoms. The Morgan fingerprint density at radius 2 is 2.03 bits per heavy atom. The van der Waals surface area contributed by atoms with E-state index in [1.807, 2.05) is 44.2 Å².